The summed E-state index contributed by atoms with van der Waals surface area (Å²) in [4.78, 5) is 17.5. The Morgan fingerprint density at radius 1 is 1.32 bits per heavy atom. The fourth-order valence-electron chi connectivity index (χ4n) is 1.74. The molecule has 0 aliphatic carbocycles. The number of amides is 1. The molecular weight excluding hydrogens is 240 g/mol. The Hall–Kier alpha value is -2.30. The molecule has 0 saturated carbocycles. The molecule has 0 spiro atoms. The highest BCUT2D eigenvalue weighted by Gasteiger charge is 2.07. The van der Waals surface area contributed by atoms with Crippen molar-refractivity contribution in [1.82, 2.24) is 14.5 Å². The number of nitrogens with one attached hydrogen (secondary N) is 1. The van der Waals surface area contributed by atoms with Gasteiger partial charge in [0.2, 0.25) is 0 Å². The summed E-state index contributed by atoms with van der Waals surface area (Å²) >= 11 is 0. The van der Waals surface area contributed by atoms with E-state index in [-0.39, 0.29) is 5.91 Å². The first kappa shape index (κ1) is 13.1. The van der Waals surface area contributed by atoms with Crippen LogP contribution in [0.5, 0.6) is 0 Å². The second-order valence-corrected chi connectivity index (χ2v) is 4.58. The predicted octanol–water partition coefficient (Wildman–Crippen LogP) is 1.73. The van der Waals surface area contributed by atoms with Crippen LogP contribution in [-0.2, 0) is 13.6 Å². The van der Waals surface area contributed by atoms with Crippen LogP contribution in [0.1, 0.15) is 16.2 Å². The van der Waals surface area contributed by atoms with Crippen molar-refractivity contribution in [2.75, 3.05) is 19.4 Å². The van der Waals surface area contributed by atoms with Gasteiger partial charge in [0.1, 0.15) is 5.82 Å². The average Bonchev–Trinajstić information content (AvgIpc) is 2.81. The van der Waals surface area contributed by atoms with Crippen LogP contribution in [0.4, 0.5) is 5.69 Å². The Morgan fingerprint density at radius 3 is 2.53 bits per heavy atom. The highest BCUT2D eigenvalue weighted by molar-refractivity contribution is 5.94. The van der Waals surface area contributed by atoms with Crippen molar-refractivity contribution in [2.24, 2.45) is 7.05 Å². The smallest absolute Gasteiger partial charge is 0.253 e. The second kappa shape index (κ2) is 5.56. The van der Waals surface area contributed by atoms with Crippen LogP contribution in [0.25, 0.3) is 0 Å². The van der Waals surface area contributed by atoms with E-state index in [1.165, 1.54) is 0 Å². The maximum atomic E-state index is 11.7. The first-order chi connectivity index (χ1) is 9.08. The van der Waals surface area contributed by atoms with Crippen LogP contribution in [0.15, 0.2) is 36.7 Å². The summed E-state index contributed by atoms with van der Waals surface area (Å²) in [6, 6.07) is 7.45. The number of carbonyl (C=O) groups excluding carboxylic acids is 1. The van der Waals surface area contributed by atoms with E-state index in [4.69, 9.17) is 0 Å². The molecule has 0 aliphatic heterocycles. The first-order valence-electron chi connectivity index (χ1n) is 6.09. The van der Waals surface area contributed by atoms with Crippen molar-refractivity contribution in [1.29, 1.82) is 0 Å². The third-order valence-electron chi connectivity index (χ3n) is 2.91. The lowest BCUT2D eigenvalue weighted by atomic mass is 10.2. The minimum atomic E-state index is 0.00986. The largest absolute Gasteiger partial charge is 0.378 e. The molecule has 0 bridgehead atoms. The topological polar surface area (TPSA) is 50.2 Å². The highest BCUT2D eigenvalue weighted by Crippen LogP contribution is 2.11. The van der Waals surface area contributed by atoms with Gasteiger partial charge in [0.25, 0.3) is 5.91 Å². The summed E-state index contributed by atoms with van der Waals surface area (Å²) < 4.78 is 1.97. The lowest BCUT2D eigenvalue weighted by Crippen LogP contribution is -2.21. The van der Waals surface area contributed by atoms with Crippen LogP contribution < -0.4 is 5.32 Å². The summed E-state index contributed by atoms with van der Waals surface area (Å²) in [5.74, 6) is 0.976. The lowest BCUT2D eigenvalue weighted by molar-refractivity contribution is 0.0827. The average molecular weight is 258 g/mol. The minimum absolute atomic E-state index is 0.00986. The maximum Gasteiger partial charge on any atom is 0.253 e. The fourth-order valence-corrected chi connectivity index (χ4v) is 1.74. The summed E-state index contributed by atoms with van der Waals surface area (Å²) in [5, 5.41) is 3.28. The zero-order valence-electron chi connectivity index (χ0n) is 11.4. The third kappa shape index (κ3) is 3.13. The fraction of sp³-hybridized carbons (Fsp3) is 0.286. The van der Waals surface area contributed by atoms with Gasteiger partial charge >= 0.3 is 0 Å². The zero-order chi connectivity index (χ0) is 13.8. The van der Waals surface area contributed by atoms with E-state index in [1.54, 1.807) is 25.2 Å². The van der Waals surface area contributed by atoms with Gasteiger partial charge in [-0.25, -0.2) is 4.98 Å². The number of rotatable bonds is 4. The Labute approximate surface area is 112 Å². The van der Waals surface area contributed by atoms with Crippen molar-refractivity contribution < 1.29 is 4.79 Å². The number of imidazole rings is 1. The van der Waals surface area contributed by atoms with Crippen molar-refractivity contribution in [3.63, 3.8) is 0 Å². The molecule has 5 heteroatoms. The van der Waals surface area contributed by atoms with Gasteiger partial charge in [0.15, 0.2) is 0 Å². The van der Waals surface area contributed by atoms with Crippen LogP contribution in [0, 0.1) is 0 Å². The van der Waals surface area contributed by atoms with Crippen LogP contribution in [0.2, 0.25) is 0 Å². The lowest BCUT2D eigenvalue weighted by Gasteiger charge is -2.11. The first-order valence-corrected chi connectivity index (χ1v) is 6.09. The van der Waals surface area contributed by atoms with E-state index in [2.05, 4.69) is 10.3 Å². The quantitative estimate of drug-likeness (QED) is 0.908. The highest BCUT2D eigenvalue weighted by atomic mass is 16.2. The number of benzene rings is 1. The molecule has 0 fully saturated rings. The van der Waals surface area contributed by atoms with Crippen molar-refractivity contribution in [3.8, 4) is 0 Å². The normalized spacial score (nSPS) is 10.3. The van der Waals surface area contributed by atoms with Gasteiger partial charge in [-0.1, -0.05) is 0 Å². The van der Waals surface area contributed by atoms with Gasteiger partial charge in [-0.05, 0) is 24.3 Å². The van der Waals surface area contributed by atoms with Gasteiger partial charge in [-0.3, -0.25) is 4.79 Å². The summed E-state index contributed by atoms with van der Waals surface area (Å²) in [7, 11) is 5.45. The Bertz CT molecular complexity index is 557. The predicted molar refractivity (Wildman–Crippen MR) is 75.0 cm³/mol. The zero-order valence-corrected chi connectivity index (χ0v) is 11.4. The second-order valence-electron chi connectivity index (χ2n) is 4.58. The molecule has 1 aromatic carbocycles. The van der Waals surface area contributed by atoms with E-state index in [0.29, 0.717) is 12.1 Å². The molecule has 2 rings (SSSR count). The summed E-state index contributed by atoms with van der Waals surface area (Å²) in [6.45, 7) is 0.657. The summed E-state index contributed by atoms with van der Waals surface area (Å²) in [6.07, 6.45) is 3.69. The van der Waals surface area contributed by atoms with Crippen molar-refractivity contribution in [3.05, 3.63) is 48.0 Å². The van der Waals surface area contributed by atoms with Crippen LogP contribution >= 0.6 is 0 Å². The molecule has 5 nitrogen and oxygen atoms in total. The van der Waals surface area contributed by atoms with E-state index in [9.17, 15) is 4.79 Å². The Balaban J connectivity index is 1.99. The molecule has 1 amide bonds. The van der Waals surface area contributed by atoms with E-state index in [0.717, 1.165) is 11.5 Å². The summed E-state index contributed by atoms with van der Waals surface area (Å²) in [5.41, 5.74) is 1.66. The molecule has 0 aliphatic rings. The maximum absolute atomic E-state index is 11.7. The van der Waals surface area contributed by atoms with E-state index in [1.807, 2.05) is 42.1 Å². The molecule has 0 saturated heterocycles. The van der Waals surface area contributed by atoms with E-state index < -0.39 is 0 Å². The number of anilines is 1. The molecule has 1 N–H and O–H groups in total. The van der Waals surface area contributed by atoms with E-state index >= 15 is 0 Å². The number of aromatic nitrogens is 2. The number of hydrogen-bond donors (Lipinski definition) is 1. The molecule has 0 atom stereocenters. The van der Waals surface area contributed by atoms with Gasteiger partial charge in [0, 0.05) is 44.8 Å². The standard InChI is InChI=1S/C14H18N4O/c1-17(2)14(19)11-4-6-12(7-5-11)16-10-13-15-8-9-18(13)3/h4-9,16H,10H2,1-3H3. The minimum Gasteiger partial charge on any atom is -0.378 e. The molecule has 100 valence electrons. The van der Waals surface area contributed by atoms with Crippen molar-refractivity contribution >= 4 is 11.6 Å². The number of aryl methyl sites for hydroxylation is 1. The number of nitrogens with zero attached hydrogens (tertiary/aromatic N) is 3. The molecule has 19 heavy (non-hydrogen) atoms. The number of hydrogen-bond acceptors (Lipinski definition) is 3. The third-order valence-corrected chi connectivity index (χ3v) is 2.91. The Kier molecular flexibility index (Phi) is 3.85. The number of carbonyl (C=O) groups is 1. The Morgan fingerprint density at radius 2 is 2.00 bits per heavy atom. The molecule has 1 heterocycles. The van der Waals surface area contributed by atoms with Gasteiger partial charge in [0.05, 0.1) is 6.54 Å². The molecule has 1 aromatic heterocycles. The van der Waals surface area contributed by atoms with Gasteiger partial charge in [-0.2, -0.15) is 0 Å². The molecule has 2 aromatic rings. The van der Waals surface area contributed by atoms with Crippen molar-refractivity contribution in [2.45, 2.75) is 6.54 Å². The van der Waals surface area contributed by atoms with Gasteiger partial charge < -0.3 is 14.8 Å². The van der Waals surface area contributed by atoms with Crippen LogP contribution in [0.3, 0.4) is 0 Å². The molecule has 0 unspecified atom stereocenters. The SMILES string of the molecule is CN(C)C(=O)c1ccc(NCc2nccn2C)cc1. The molecular formula is C14H18N4O. The monoisotopic (exact) mass is 258 g/mol. The van der Waals surface area contributed by atoms with Gasteiger partial charge in [-0.15, -0.1) is 0 Å². The van der Waals surface area contributed by atoms with Crippen LogP contribution in [-0.4, -0.2) is 34.5 Å². The molecule has 0 radical (unpaired) electrons.